The summed E-state index contributed by atoms with van der Waals surface area (Å²) in [5.41, 5.74) is -0.0640. The lowest BCUT2D eigenvalue weighted by Gasteiger charge is -2.07. The number of carbonyl (C=O) groups excluding carboxylic acids is 1. The minimum absolute atomic E-state index is 0.281. The van der Waals surface area contributed by atoms with E-state index in [-0.39, 0.29) is 5.56 Å². The first-order valence-corrected chi connectivity index (χ1v) is 5.85. The number of ether oxygens (including phenoxy) is 1. The van der Waals surface area contributed by atoms with Gasteiger partial charge in [-0.3, -0.25) is 0 Å². The molecule has 0 aromatic heterocycles. The van der Waals surface area contributed by atoms with Gasteiger partial charge >= 0.3 is 11.9 Å². The van der Waals surface area contributed by atoms with Crippen LogP contribution in [0.25, 0.3) is 11.1 Å². The maximum absolute atomic E-state index is 13.5. The molecule has 0 spiro atoms. The third kappa shape index (κ3) is 2.89. The monoisotopic (exact) mass is 292 g/mol. The van der Waals surface area contributed by atoms with Crippen molar-refractivity contribution in [2.75, 3.05) is 7.11 Å². The molecule has 0 heterocycles. The van der Waals surface area contributed by atoms with Crippen LogP contribution in [0.3, 0.4) is 0 Å². The second kappa shape index (κ2) is 5.70. The van der Waals surface area contributed by atoms with E-state index < -0.39 is 29.1 Å². The number of hydrogen-bond donors (Lipinski definition) is 1. The van der Waals surface area contributed by atoms with Crippen LogP contribution in [-0.2, 0) is 4.74 Å². The molecule has 108 valence electrons. The van der Waals surface area contributed by atoms with Crippen molar-refractivity contribution < 1.29 is 28.2 Å². The lowest BCUT2D eigenvalue weighted by atomic mass is 10.0. The van der Waals surface area contributed by atoms with Crippen molar-refractivity contribution in [3.8, 4) is 11.1 Å². The summed E-state index contributed by atoms with van der Waals surface area (Å²) in [6.45, 7) is 0. The smallest absolute Gasteiger partial charge is 0.340 e. The Morgan fingerprint density at radius 3 is 1.90 bits per heavy atom. The summed E-state index contributed by atoms with van der Waals surface area (Å²) in [6, 6.07) is 7.11. The Morgan fingerprint density at radius 1 is 0.952 bits per heavy atom. The molecule has 2 aromatic rings. The third-order valence-corrected chi connectivity index (χ3v) is 2.90. The van der Waals surface area contributed by atoms with Crippen LogP contribution in [0.5, 0.6) is 0 Å². The van der Waals surface area contributed by atoms with Gasteiger partial charge in [-0.15, -0.1) is 0 Å². The van der Waals surface area contributed by atoms with Crippen LogP contribution in [0.1, 0.15) is 20.7 Å². The first kappa shape index (κ1) is 14.6. The van der Waals surface area contributed by atoms with Gasteiger partial charge < -0.3 is 9.84 Å². The molecular formula is C15H10F2O4. The fourth-order valence-corrected chi connectivity index (χ4v) is 1.84. The van der Waals surface area contributed by atoms with Crippen molar-refractivity contribution in [3.05, 3.63) is 59.2 Å². The highest BCUT2D eigenvalue weighted by Crippen LogP contribution is 2.25. The second-order valence-electron chi connectivity index (χ2n) is 4.19. The number of rotatable bonds is 3. The first-order chi connectivity index (χ1) is 9.93. The van der Waals surface area contributed by atoms with E-state index in [2.05, 4.69) is 4.74 Å². The Balaban J connectivity index is 2.55. The molecule has 0 radical (unpaired) electrons. The van der Waals surface area contributed by atoms with Gasteiger partial charge in [0.05, 0.1) is 18.2 Å². The molecule has 0 unspecified atom stereocenters. The van der Waals surface area contributed by atoms with Gasteiger partial charge in [-0.25, -0.2) is 18.4 Å². The minimum atomic E-state index is -1.41. The van der Waals surface area contributed by atoms with Gasteiger partial charge in [0.1, 0.15) is 11.6 Å². The lowest BCUT2D eigenvalue weighted by Crippen LogP contribution is -2.05. The standard InChI is InChI=1S/C15H10F2O4/c1-21-15(20)11-7-9(3-5-13(11)17)8-2-4-12(16)10(6-8)14(18)19/h2-7H,1H3,(H,18,19). The highest BCUT2D eigenvalue weighted by Gasteiger charge is 2.15. The fraction of sp³-hybridized carbons (Fsp3) is 0.0667. The summed E-state index contributed by atoms with van der Waals surface area (Å²) in [7, 11) is 1.12. The van der Waals surface area contributed by atoms with Gasteiger partial charge in [0.2, 0.25) is 0 Å². The summed E-state index contributed by atoms with van der Waals surface area (Å²) in [6.07, 6.45) is 0. The van der Waals surface area contributed by atoms with Crippen molar-refractivity contribution in [3.63, 3.8) is 0 Å². The Kier molecular flexibility index (Phi) is 3.98. The van der Waals surface area contributed by atoms with E-state index in [1.54, 1.807) is 0 Å². The van der Waals surface area contributed by atoms with E-state index >= 15 is 0 Å². The summed E-state index contributed by atoms with van der Waals surface area (Å²) in [4.78, 5) is 22.3. The molecule has 0 bridgehead atoms. The molecule has 1 N–H and O–H groups in total. The van der Waals surface area contributed by atoms with Gasteiger partial charge in [0.25, 0.3) is 0 Å². The molecule has 0 aliphatic rings. The normalized spacial score (nSPS) is 10.2. The maximum atomic E-state index is 13.5. The number of benzene rings is 2. The number of methoxy groups -OCH3 is 1. The molecule has 2 aromatic carbocycles. The van der Waals surface area contributed by atoms with Crippen molar-refractivity contribution in [2.45, 2.75) is 0 Å². The average molecular weight is 292 g/mol. The van der Waals surface area contributed by atoms with E-state index in [1.807, 2.05) is 0 Å². The molecule has 0 saturated heterocycles. The number of carboxylic acids is 1. The van der Waals surface area contributed by atoms with Crippen LogP contribution in [0.2, 0.25) is 0 Å². The predicted molar refractivity (Wildman–Crippen MR) is 70.1 cm³/mol. The molecule has 2 rings (SSSR count). The van der Waals surface area contributed by atoms with Gasteiger partial charge in [0, 0.05) is 0 Å². The van der Waals surface area contributed by atoms with E-state index in [4.69, 9.17) is 5.11 Å². The quantitative estimate of drug-likeness (QED) is 0.883. The number of aromatic carboxylic acids is 1. The largest absolute Gasteiger partial charge is 0.478 e. The Morgan fingerprint density at radius 2 is 1.43 bits per heavy atom. The second-order valence-corrected chi connectivity index (χ2v) is 4.19. The van der Waals surface area contributed by atoms with Gasteiger partial charge in [-0.05, 0) is 35.4 Å². The minimum Gasteiger partial charge on any atom is -0.478 e. The predicted octanol–water partition coefficient (Wildman–Crippen LogP) is 3.12. The summed E-state index contributed by atoms with van der Waals surface area (Å²) in [5.74, 6) is -3.90. The molecule has 0 atom stereocenters. The van der Waals surface area contributed by atoms with Gasteiger partial charge in [-0.1, -0.05) is 12.1 Å². The van der Waals surface area contributed by atoms with Crippen LogP contribution in [0.4, 0.5) is 8.78 Å². The van der Waals surface area contributed by atoms with Gasteiger partial charge in [0.15, 0.2) is 0 Å². The van der Waals surface area contributed by atoms with Crippen molar-refractivity contribution in [2.24, 2.45) is 0 Å². The highest BCUT2D eigenvalue weighted by atomic mass is 19.1. The molecule has 4 nitrogen and oxygen atoms in total. The number of carboxylic acid groups (broad SMARTS) is 1. The van der Waals surface area contributed by atoms with E-state index in [9.17, 15) is 18.4 Å². The highest BCUT2D eigenvalue weighted by molar-refractivity contribution is 5.92. The molecule has 0 aliphatic heterocycles. The molecule has 6 heteroatoms. The zero-order chi connectivity index (χ0) is 15.6. The fourth-order valence-electron chi connectivity index (χ4n) is 1.84. The van der Waals surface area contributed by atoms with Crippen LogP contribution in [0, 0.1) is 11.6 Å². The average Bonchev–Trinajstić information content (AvgIpc) is 2.47. The van der Waals surface area contributed by atoms with Crippen LogP contribution in [0.15, 0.2) is 36.4 Å². The summed E-state index contributed by atoms with van der Waals surface area (Å²) >= 11 is 0. The molecular weight excluding hydrogens is 282 g/mol. The number of hydrogen-bond acceptors (Lipinski definition) is 3. The van der Waals surface area contributed by atoms with Crippen molar-refractivity contribution in [1.82, 2.24) is 0 Å². The Labute approximate surface area is 118 Å². The lowest BCUT2D eigenvalue weighted by molar-refractivity contribution is 0.0594. The van der Waals surface area contributed by atoms with Crippen molar-refractivity contribution in [1.29, 1.82) is 0 Å². The van der Waals surface area contributed by atoms with E-state index in [0.717, 1.165) is 25.3 Å². The SMILES string of the molecule is COC(=O)c1cc(-c2ccc(F)c(C(=O)O)c2)ccc1F. The van der Waals surface area contributed by atoms with Gasteiger partial charge in [-0.2, -0.15) is 0 Å². The zero-order valence-corrected chi connectivity index (χ0v) is 10.9. The van der Waals surface area contributed by atoms with E-state index in [0.29, 0.717) is 11.1 Å². The van der Waals surface area contributed by atoms with Crippen molar-refractivity contribution >= 4 is 11.9 Å². The molecule has 0 amide bonds. The number of carbonyl (C=O) groups is 2. The number of halogens is 2. The summed E-state index contributed by atoms with van der Waals surface area (Å²) in [5, 5.41) is 8.89. The van der Waals surface area contributed by atoms with E-state index in [1.165, 1.54) is 18.2 Å². The molecule has 21 heavy (non-hydrogen) atoms. The van der Waals surface area contributed by atoms with Crippen LogP contribution >= 0.6 is 0 Å². The molecule has 0 saturated carbocycles. The van der Waals surface area contributed by atoms with Crippen LogP contribution < -0.4 is 0 Å². The maximum Gasteiger partial charge on any atom is 0.340 e. The zero-order valence-electron chi connectivity index (χ0n) is 10.9. The van der Waals surface area contributed by atoms with Crippen LogP contribution in [-0.4, -0.2) is 24.2 Å². The third-order valence-electron chi connectivity index (χ3n) is 2.90. The molecule has 0 fully saturated rings. The first-order valence-electron chi connectivity index (χ1n) is 5.85. The Hall–Kier alpha value is -2.76. The Bertz CT molecular complexity index is 726. The molecule has 0 aliphatic carbocycles. The summed E-state index contributed by atoms with van der Waals surface area (Å²) < 4.78 is 31.3. The topological polar surface area (TPSA) is 63.6 Å². The number of esters is 1.